The third kappa shape index (κ3) is 6.31. The minimum atomic E-state index is -0.898. The number of hydrogen-bond donors (Lipinski definition) is 2. The van der Waals surface area contributed by atoms with E-state index in [0.717, 1.165) is 32.7 Å². The third-order valence-corrected chi connectivity index (χ3v) is 7.51. The molecule has 1 aliphatic heterocycles. The second kappa shape index (κ2) is 11.2. The smallest absolute Gasteiger partial charge is 0.321 e. The van der Waals surface area contributed by atoms with Crippen LogP contribution in [0.2, 0.25) is 10.0 Å². The summed E-state index contributed by atoms with van der Waals surface area (Å²) < 4.78 is 35.3. The van der Waals surface area contributed by atoms with E-state index in [1.54, 1.807) is 6.92 Å². The average Bonchev–Trinajstić information content (AvgIpc) is 3.18. The normalized spacial score (nSPS) is 15.8. The van der Waals surface area contributed by atoms with Gasteiger partial charge in [-0.1, -0.05) is 34.5 Å². The molecule has 2 N–H and O–H groups in total. The molecular weight excluding hydrogens is 519 g/mol. The number of nitrogens with zero attached hydrogens (tertiary/aromatic N) is 3. The van der Waals surface area contributed by atoms with Crippen molar-refractivity contribution in [3.05, 3.63) is 51.5 Å². The predicted octanol–water partition coefficient (Wildman–Crippen LogP) is 5.39. The SMILES string of the molecule is C[C@H](Oc1cc2sc(NC(=O)NCCN3CCN(C)CC3)nc2cc1F)c1c(F)ccc(Cl)c1Cl. The van der Waals surface area contributed by atoms with E-state index in [1.807, 2.05) is 0 Å². The van der Waals surface area contributed by atoms with E-state index in [0.29, 0.717) is 21.9 Å². The van der Waals surface area contributed by atoms with Crippen LogP contribution in [0.15, 0.2) is 24.3 Å². The second-order valence-electron chi connectivity index (χ2n) is 8.31. The van der Waals surface area contributed by atoms with Crippen molar-refractivity contribution < 1.29 is 18.3 Å². The number of halogens is 4. The van der Waals surface area contributed by atoms with Crippen LogP contribution in [0.4, 0.5) is 18.7 Å². The fourth-order valence-electron chi connectivity index (χ4n) is 3.78. The van der Waals surface area contributed by atoms with Crippen molar-refractivity contribution in [3.63, 3.8) is 0 Å². The summed E-state index contributed by atoms with van der Waals surface area (Å²) >= 11 is 13.3. The van der Waals surface area contributed by atoms with Crippen molar-refractivity contribution in [2.75, 3.05) is 51.6 Å². The molecule has 2 amide bonds. The van der Waals surface area contributed by atoms with Gasteiger partial charge in [0, 0.05) is 57.0 Å². The Balaban J connectivity index is 1.38. The molecule has 0 radical (unpaired) electrons. The van der Waals surface area contributed by atoms with Crippen LogP contribution in [0.1, 0.15) is 18.6 Å². The number of fused-ring (bicyclic) bond motifs is 1. The summed E-state index contributed by atoms with van der Waals surface area (Å²) in [5.41, 5.74) is 0.408. The molecule has 1 aromatic heterocycles. The lowest BCUT2D eigenvalue weighted by Gasteiger charge is -2.32. The highest BCUT2D eigenvalue weighted by molar-refractivity contribution is 7.22. The van der Waals surface area contributed by atoms with E-state index in [9.17, 15) is 13.6 Å². The largest absolute Gasteiger partial charge is 0.483 e. The minimum Gasteiger partial charge on any atom is -0.483 e. The Bertz CT molecular complexity index is 1220. The van der Waals surface area contributed by atoms with Gasteiger partial charge < -0.3 is 15.0 Å². The van der Waals surface area contributed by atoms with Gasteiger partial charge in [-0.2, -0.15) is 0 Å². The topological polar surface area (TPSA) is 69.7 Å². The molecule has 2 heterocycles. The molecule has 1 atom stereocenters. The molecule has 0 spiro atoms. The second-order valence-corrected chi connectivity index (χ2v) is 10.1. The average molecular weight is 544 g/mol. The number of thiazole rings is 1. The number of carbonyl (C=O) groups is 1. The first kappa shape index (κ1) is 25.8. The van der Waals surface area contributed by atoms with Crippen molar-refractivity contribution in [2.45, 2.75) is 13.0 Å². The molecule has 12 heteroatoms. The maximum Gasteiger partial charge on any atom is 0.321 e. The first-order chi connectivity index (χ1) is 16.7. The molecule has 4 rings (SSSR count). The molecule has 0 saturated carbocycles. The summed E-state index contributed by atoms with van der Waals surface area (Å²) in [5.74, 6) is -1.36. The summed E-state index contributed by atoms with van der Waals surface area (Å²) in [6.07, 6.45) is -0.898. The zero-order valence-electron chi connectivity index (χ0n) is 19.2. The molecule has 0 aliphatic carbocycles. The summed E-state index contributed by atoms with van der Waals surface area (Å²) in [6, 6.07) is 4.82. The lowest BCUT2D eigenvalue weighted by molar-refractivity contribution is 0.155. The molecule has 35 heavy (non-hydrogen) atoms. The number of nitrogens with one attached hydrogen (secondary N) is 2. The number of hydrogen-bond acceptors (Lipinski definition) is 6. The van der Waals surface area contributed by atoms with Crippen molar-refractivity contribution in [1.82, 2.24) is 20.1 Å². The highest BCUT2D eigenvalue weighted by Gasteiger charge is 2.21. The van der Waals surface area contributed by atoms with E-state index in [-0.39, 0.29) is 27.4 Å². The van der Waals surface area contributed by atoms with Crippen LogP contribution in [0.5, 0.6) is 5.75 Å². The molecule has 0 unspecified atom stereocenters. The van der Waals surface area contributed by atoms with E-state index >= 15 is 0 Å². The Labute approximate surface area is 216 Å². The van der Waals surface area contributed by atoms with E-state index < -0.39 is 17.7 Å². The monoisotopic (exact) mass is 543 g/mol. The van der Waals surface area contributed by atoms with E-state index in [1.165, 1.54) is 35.6 Å². The molecule has 2 aromatic carbocycles. The number of benzene rings is 2. The number of carbonyl (C=O) groups excluding carboxylic acids is 1. The Morgan fingerprint density at radius 3 is 2.69 bits per heavy atom. The zero-order chi connectivity index (χ0) is 25.1. The molecular formula is C23H25Cl2F2N5O2S. The van der Waals surface area contributed by atoms with Gasteiger partial charge in [0.25, 0.3) is 0 Å². The van der Waals surface area contributed by atoms with Crippen LogP contribution in [-0.2, 0) is 0 Å². The van der Waals surface area contributed by atoms with Crippen LogP contribution in [0.3, 0.4) is 0 Å². The number of ether oxygens (including phenoxy) is 1. The predicted molar refractivity (Wildman–Crippen MR) is 136 cm³/mol. The van der Waals surface area contributed by atoms with Crippen molar-refractivity contribution in [3.8, 4) is 5.75 Å². The number of amides is 2. The maximum atomic E-state index is 14.7. The highest BCUT2D eigenvalue weighted by Crippen LogP contribution is 2.37. The number of piperazine rings is 1. The fourth-order valence-corrected chi connectivity index (χ4v) is 5.12. The number of anilines is 1. The number of aromatic nitrogens is 1. The van der Waals surface area contributed by atoms with Crippen LogP contribution in [0.25, 0.3) is 10.2 Å². The molecule has 7 nitrogen and oxygen atoms in total. The molecule has 188 valence electrons. The zero-order valence-corrected chi connectivity index (χ0v) is 21.5. The van der Waals surface area contributed by atoms with E-state index in [4.69, 9.17) is 27.9 Å². The van der Waals surface area contributed by atoms with Crippen LogP contribution < -0.4 is 15.4 Å². The lowest BCUT2D eigenvalue weighted by Crippen LogP contribution is -2.47. The van der Waals surface area contributed by atoms with E-state index in [2.05, 4.69) is 32.5 Å². The van der Waals surface area contributed by atoms with Gasteiger partial charge in [0.15, 0.2) is 16.7 Å². The quantitative estimate of drug-likeness (QED) is 0.391. The van der Waals surface area contributed by atoms with Crippen LogP contribution >= 0.6 is 34.5 Å². The Morgan fingerprint density at radius 1 is 1.20 bits per heavy atom. The Kier molecular flexibility index (Phi) is 8.28. The van der Waals surface area contributed by atoms with Gasteiger partial charge >= 0.3 is 6.03 Å². The number of rotatable bonds is 7. The van der Waals surface area contributed by atoms with Gasteiger partial charge in [0.2, 0.25) is 0 Å². The molecule has 1 fully saturated rings. The van der Waals surface area contributed by atoms with Crippen LogP contribution in [-0.4, -0.2) is 67.1 Å². The molecule has 0 bridgehead atoms. The fraction of sp³-hybridized carbons (Fsp3) is 0.391. The van der Waals surface area contributed by atoms with Gasteiger partial charge in [-0.05, 0) is 26.1 Å². The Hall–Kier alpha value is -2.24. The van der Waals surface area contributed by atoms with Gasteiger partial charge in [-0.3, -0.25) is 10.2 Å². The van der Waals surface area contributed by atoms with Crippen molar-refractivity contribution in [1.29, 1.82) is 0 Å². The van der Waals surface area contributed by atoms with Gasteiger partial charge in [-0.15, -0.1) is 0 Å². The summed E-state index contributed by atoms with van der Waals surface area (Å²) in [7, 11) is 2.09. The maximum absolute atomic E-state index is 14.7. The molecule has 1 saturated heterocycles. The summed E-state index contributed by atoms with van der Waals surface area (Å²) in [6.45, 7) is 6.80. The van der Waals surface area contributed by atoms with Gasteiger partial charge in [-0.25, -0.2) is 18.6 Å². The van der Waals surface area contributed by atoms with Gasteiger partial charge in [0.05, 0.1) is 20.3 Å². The molecule has 1 aliphatic rings. The number of urea groups is 1. The van der Waals surface area contributed by atoms with Crippen molar-refractivity contribution in [2.24, 2.45) is 0 Å². The summed E-state index contributed by atoms with van der Waals surface area (Å²) in [4.78, 5) is 21.1. The number of likely N-dealkylation sites (N-methyl/N-ethyl adjacent to an activating group) is 1. The van der Waals surface area contributed by atoms with Crippen molar-refractivity contribution >= 4 is 55.9 Å². The minimum absolute atomic E-state index is 0.0172. The third-order valence-electron chi connectivity index (χ3n) is 5.76. The lowest BCUT2D eigenvalue weighted by atomic mass is 10.1. The summed E-state index contributed by atoms with van der Waals surface area (Å²) in [5, 5.41) is 6.03. The van der Waals surface area contributed by atoms with Crippen LogP contribution in [0, 0.1) is 11.6 Å². The van der Waals surface area contributed by atoms with Gasteiger partial charge in [0.1, 0.15) is 11.9 Å². The first-order valence-corrected chi connectivity index (χ1v) is 12.6. The highest BCUT2D eigenvalue weighted by atomic mass is 35.5. The Morgan fingerprint density at radius 2 is 1.94 bits per heavy atom. The molecule has 3 aromatic rings. The standard InChI is InChI=1S/C23H25Cl2F2N5O2S/c1-13(20-15(26)4-3-14(24)21(20)25)34-18-12-19-17(11-16(18)27)29-23(35-19)30-22(33)28-5-6-32-9-7-31(2)8-10-32/h3-4,11-13H,5-10H2,1-2H3,(H2,28,29,30,33)/t13-/m0/s1. The first-order valence-electron chi connectivity index (χ1n) is 11.1.